The summed E-state index contributed by atoms with van der Waals surface area (Å²) < 4.78 is -0.215. The zero-order chi connectivity index (χ0) is 36.4. The second-order valence-electron chi connectivity index (χ2n) is 9.88. The zero-order valence-corrected chi connectivity index (χ0v) is 25.0. The molecule has 4 N–H and O–H groups in total. The van der Waals surface area contributed by atoms with Gasteiger partial charge in [-0.1, -0.05) is 0 Å². The summed E-state index contributed by atoms with van der Waals surface area (Å²) in [5.74, 6) is -7.50. The number of nitro groups is 4. The van der Waals surface area contributed by atoms with Crippen molar-refractivity contribution in [2.45, 2.75) is 0 Å². The number of rotatable bonds is 4. The molecule has 2 aliphatic rings. The number of carbonyl (C=O) groups excluding carboxylic acids is 4. The summed E-state index contributed by atoms with van der Waals surface area (Å²) in [6.07, 6.45) is 0. The third kappa shape index (κ3) is 4.93. The number of phenols is 4. The summed E-state index contributed by atoms with van der Waals surface area (Å²) in [7, 11) is 0. The Morgan fingerprint density at radius 1 is 0.429 bits per heavy atom. The minimum absolute atomic E-state index is 0.215. The number of carbonyl (C=O) groups is 4. The molecule has 0 aromatic heterocycles. The largest absolute Gasteiger partial charge is 0.507 e. The highest BCUT2D eigenvalue weighted by atomic mass is 79.9. The molecule has 246 valence electrons. The topological polar surface area (TPSA) is 322 Å². The van der Waals surface area contributed by atoms with Crippen molar-refractivity contribution in [1.82, 2.24) is 0 Å². The molecule has 0 unspecified atom stereocenters. The minimum atomic E-state index is -1.21. The highest BCUT2D eigenvalue weighted by Gasteiger charge is 2.45. The fourth-order valence-corrected chi connectivity index (χ4v) is 5.71. The van der Waals surface area contributed by atoms with E-state index in [0.717, 1.165) is 42.5 Å². The molecular weight excluding hydrogens is 728 g/mol. The van der Waals surface area contributed by atoms with Gasteiger partial charge in [-0.15, -0.1) is 0 Å². The zero-order valence-electron chi connectivity index (χ0n) is 23.4. The van der Waals surface area contributed by atoms with Crippen LogP contribution in [-0.4, -0.2) is 63.3 Å². The van der Waals surface area contributed by atoms with Crippen LogP contribution < -0.4 is 0 Å². The molecule has 0 radical (unpaired) electrons. The lowest BCUT2D eigenvalue weighted by Gasteiger charge is -2.19. The molecule has 20 nitrogen and oxygen atoms in total. The van der Waals surface area contributed by atoms with Crippen molar-refractivity contribution in [3.05, 3.63) is 132 Å². The number of ketones is 4. The average Bonchev–Trinajstić information content (AvgIpc) is 3.02. The predicted octanol–water partition coefficient (Wildman–Crippen LogP) is 4.14. The predicted molar refractivity (Wildman–Crippen MR) is 160 cm³/mol. The van der Waals surface area contributed by atoms with Gasteiger partial charge in [0.25, 0.3) is 22.7 Å². The van der Waals surface area contributed by atoms with E-state index in [4.69, 9.17) is 0 Å². The summed E-state index contributed by atoms with van der Waals surface area (Å²) in [5, 5.41) is 84.3. The molecule has 0 amide bonds. The third-order valence-corrected chi connectivity index (χ3v) is 7.92. The summed E-state index contributed by atoms with van der Waals surface area (Å²) in [6, 6.07) is 5.85. The SMILES string of the molecule is O=C1c2c(O)ccc([N+](=O)[O-])c2C(=O)c2c([N+](=O)[O-])ccc(O)c21.O=C1c2c([N+](=O)[O-])ccc(O)c2C(=O)c2c(O)c(Br)cc([N+](=O)[O-])c21. The highest BCUT2D eigenvalue weighted by molar-refractivity contribution is 9.10. The van der Waals surface area contributed by atoms with E-state index in [0.29, 0.717) is 0 Å². The molecule has 0 saturated carbocycles. The van der Waals surface area contributed by atoms with E-state index < -0.39 is 133 Å². The van der Waals surface area contributed by atoms with Crippen molar-refractivity contribution < 1.29 is 59.3 Å². The van der Waals surface area contributed by atoms with Crippen LogP contribution in [-0.2, 0) is 0 Å². The third-order valence-electron chi connectivity index (χ3n) is 7.32. The lowest BCUT2D eigenvalue weighted by Crippen LogP contribution is -2.24. The normalized spacial score (nSPS) is 12.5. The number of nitrogens with zero attached hydrogens (tertiary/aromatic N) is 4. The Labute approximate surface area is 275 Å². The second-order valence-corrected chi connectivity index (χ2v) is 10.7. The van der Waals surface area contributed by atoms with Crippen LogP contribution in [0.3, 0.4) is 0 Å². The van der Waals surface area contributed by atoms with Crippen molar-refractivity contribution in [3.63, 3.8) is 0 Å². The number of fused-ring (bicyclic) bond motifs is 4. The Morgan fingerprint density at radius 2 is 0.694 bits per heavy atom. The molecule has 2 aliphatic carbocycles. The van der Waals surface area contributed by atoms with Gasteiger partial charge in [-0.25, -0.2) is 0 Å². The molecule has 4 aromatic rings. The molecule has 0 heterocycles. The molecule has 0 spiro atoms. The quantitative estimate of drug-likeness (QED) is 0.146. The minimum Gasteiger partial charge on any atom is -0.507 e. The highest BCUT2D eigenvalue weighted by Crippen LogP contribution is 2.46. The Morgan fingerprint density at radius 3 is 1.00 bits per heavy atom. The number of halogens is 1. The van der Waals surface area contributed by atoms with Crippen LogP contribution in [0.15, 0.2) is 46.9 Å². The lowest BCUT2D eigenvalue weighted by atomic mass is 9.81. The molecule has 4 aromatic carbocycles. The molecule has 6 rings (SSSR count). The van der Waals surface area contributed by atoms with Crippen LogP contribution in [0.4, 0.5) is 22.7 Å². The first kappa shape index (κ1) is 33.2. The fraction of sp³-hybridized carbons (Fsp3) is 0. The maximum atomic E-state index is 12.7. The van der Waals surface area contributed by atoms with Crippen molar-refractivity contribution in [1.29, 1.82) is 0 Å². The summed E-state index contributed by atoms with van der Waals surface area (Å²) in [4.78, 5) is 91.4. The van der Waals surface area contributed by atoms with Crippen molar-refractivity contribution in [3.8, 4) is 23.0 Å². The van der Waals surface area contributed by atoms with Crippen LogP contribution >= 0.6 is 15.9 Å². The van der Waals surface area contributed by atoms with E-state index in [-0.39, 0.29) is 4.47 Å². The van der Waals surface area contributed by atoms with E-state index in [9.17, 15) is 80.1 Å². The molecule has 0 saturated heterocycles. The number of nitro benzene ring substituents is 4. The summed E-state index contributed by atoms with van der Waals surface area (Å²) in [5.41, 5.74) is -8.87. The first-order valence-electron chi connectivity index (χ1n) is 12.8. The van der Waals surface area contributed by atoms with Crippen LogP contribution in [0.1, 0.15) is 63.7 Å². The fourth-order valence-electron chi connectivity index (χ4n) is 5.30. The van der Waals surface area contributed by atoms with Crippen molar-refractivity contribution in [2.24, 2.45) is 0 Å². The molecule has 0 fully saturated rings. The van der Waals surface area contributed by atoms with Gasteiger partial charge in [-0.05, 0) is 34.1 Å². The van der Waals surface area contributed by atoms with Crippen LogP contribution in [0.5, 0.6) is 23.0 Å². The Balaban J connectivity index is 0.000000191. The molecule has 49 heavy (non-hydrogen) atoms. The number of hydrogen-bond acceptors (Lipinski definition) is 16. The van der Waals surface area contributed by atoms with E-state index >= 15 is 0 Å². The maximum Gasteiger partial charge on any atom is 0.282 e. The van der Waals surface area contributed by atoms with Crippen molar-refractivity contribution >= 4 is 61.8 Å². The van der Waals surface area contributed by atoms with Gasteiger partial charge in [0.15, 0.2) is 0 Å². The van der Waals surface area contributed by atoms with E-state index in [2.05, 4.69) is 15.9 Å². The van der Waals surface area contributed by atoms with E-state index in [1.54, 1.807) is 0 Å². The number of benzene rings is 4. The van der Waals surface area contributed by atoms with Crippen LogP contribution in [0.2, 0.25) is 0 Å². The standard InChI is InChI=1S/C14H5BrN2O8.C14H6N2O8/c15-4-3-6(17(24)25)9-11(12(4)19)14(21)10-7(18)2-1-5(16(22)23)8(10)13(9)20;17-7-3-1-5(15(21)22)9-11(7)14(20)12-8(18)4-2-6(16(23)24)10(12)13(9)19/h1-3,18-19H;1-4,17-18H. The van der Waals surface area contributed by atoms with Crippen LogP contribution in [0.25, 0.3) is 0 Å². The van der Waals surface area contributed by atoms with Gasteiger partial charge in [0.05, 0.1) is 46.4 Å². The average molecular weight is 739 g/mol. The molecule has 0 bridgehead atoms. The lowest BCUT2D eigenvalue weighted by molar-refractivity contribution is -0.385. The summed E-state index contributed by atoms with van der Waals surface area (Å²) >= 11 is 2.85. The number of aromatic hydroxyl groups is 4. The first-order valence-corrected chi connectivity index (χ1v) is 13.6. The van der Waals surface area contributed by atoms with E-state index in [1.165, 1.54) is 0 Å². The van der Waals surface area contributed by atoms with Gasteiger partial charge in [-0.2, -0.15) is 0 Å². The van der Waals surface area contributed by atoms with Crippen molar-refractivity contribution in [2.75, 3.05) is 0 Å². The molecule has 0 aliphatic heterocycles. The van der Waals surface area contributed by atoms with E-state index in [1.807, 2.05) is 0 Å². The second kappa shape index (κ2) is 11.6. The van der Waals surface area contributed by atoms with Gasteiger partial charge in [0, 0.05) is 24.3 Å². The molecule has 21 heteroatoms. The van der Waals surface area contributed by atoms with Gasteiger partial charge in [0.1, 0.15) is 45.3 Å². The number of phenolic OH excluding ortho intramolecular Hbond substituents is 4. The molecule has 0 atom stereocenters. The smallest absolute Gasteiger partial charge is 0.282 e. The van der Waals surface area contributed by atoms with Gasteiger partial charge in [-0.3, -0.25) is 59.6 Å². The maximum absolute atomic E-state index is 12.7. The monoisotopic (exact) mass is 738 g/mol. The molecular formula is C28H11BrN4O16. The van der Waals surface area contributed by atoms with Gasteiger partial charge >= 0.3 is 0 Å². The summed E-state index contributed by atoms with van der Waals surface area (Å²) in [6.45, 7) is 0. The van der Waals surface area contributed by atoms with Gasteiger partial charge < -0.3 is 20.4 Å². The first-order chi connectivity index (χ1) is 22.9. The Kier molecular flexibility index (Phi) is 7.84. The number of hydrogen-bond donors (Lipinski definition) is 4. The van der Waals surface area contributed by atoms with Gasteiger partial charge in [0.2, 0.25) is 23.1 Å². The van der Waals surface area contributed by atoms with Crippen LogP contribution in [0, 0.1) is 40.5 Å². The Hall–Kier alpha value is -7.16. The Bertz CT molecular complexity index is 2260.